The third kappa shape index (κ3) is 4.38. The molecular formula is C14H19N3O3. The highest BCUT2D eigenvalue weighted by Gasteiger charge is 2.22. The molecule has 0 spiro atoms. The zero-order chi connectivity index (χ0) is 15.3. The number of benzene rings is 1. The summed E-state index contributed by atoms with van der Waals surface area (Å²) in [4.78, 5) is 34.3. The molecule has 0 aliphatic rings. The smallest absolute Gasteiger partial charge is 0.252 e. The summed E-state index contributed by atoms with van der Waals surface area (Å²) in [5, 5.41) is 5.17. The van der Waals surface area contributed by atoms with E-state index in [1.165, 1.54) is 13.0 Å². The minimum Gasteiger partial charge on any atom is -0.368 e. The number of hydrogen-bond donors (Lipinski definition) is 3. The Morgan fingerprint density at radius 1 is 1.20 bits per heavy atom. The van der Waals surface area contributed by atoms with E-state index in [9.17, 15) is 14.4 Å². The molecule has 0 aromatic heterocycles. The molecule has 1 aromatic rings. The van der Waals surface area contributed by atoms with Crippen molar-refractivity contribution < 1.29 is 14.4 Å². The second kappa shape index (κ2) is 6.70. The molecule has 108 valence electrons. The molecule has 1 aromatic carbocycles. The van der Waals surface area contributed by atoms with Gasteiger partial charge in [0.15, 0.2) is 0 Å². The van der Waals surface area contributed by atoms with Crippen LogP contribution in [-0.2, 0) is 9.59 Å². The van der Waals surface area contributed by atoms with Crippen molar-refractivity contribution in [3.8, 4) is 0 Å². The molecule has 0 heterocycles. The summed E-state index contributed by atoms with van der Waals surface area (Å²) >= 11 is 0. The van der Waals surface area contributed by atoms with Gasteiger partial charge in [-0.05, 0) is 24.1 Å². The standard InChI is InChI=1S/C14H19N3O3/c1-8(2)12(13(15)19)17-14(20)10-5-4-6-11(7-10)16-9(3)18/h4-8,12H,1-3H3,(H2,15,19)(H,16,18)(H,17,20)/t12-/m1/s1. The molecular weight excluding hydrogens is 258 g/mol. The van der Waals surface area contributed by atoms with Crippen molar-refractivity contribution in [3.63, 3.8) is 0 Å². The second-order valence-electron chi connectivity index (χ2n) is 4.86. The summed E-state index contributed by atoms with van der Waals surface area (Å²) in [7, 11) is 0. The molecule has 6 heteroatoms. The van der Waals surface area contributed by atoms with Crippen molar-refractivity contribution in [2.75, 3.05) is 5.32 Å². The summed E-state index contributed by atoms with van der Waals surface area (Å²) < 4.78 is 0. The van der Waals surface area contributed by atoms with Crippen LogP contribution in [0.1, 0.15) is 31.1 Å². The van der Waals surface area contributed by atoms with Gasteiger partial charge in [0, 0.05) is 18.2 Å². The molecule has 0 aliphatic heterocycles. The lowest BCUT2D eigenvalue weighted by atomic mass is 10.0. The number of carbonyl (C=O) groups excluding carboxylic acids is 3. The fourth-order valence-corrected chi connectivity index (χ4v) is 1.73. The minimum absolute atomic E-state index is 0.102. The first-order valence-electron chi connectivity index (χ1n) is 6.29. The quantitative estimate of drug-likeness (QED) is 0.744. The van der Waals surface area contributed by atoms with Crippen LogP contribution in [0.5, 0.6) is 0 Å². The Labute approximate surface area is 117 Å². The number of nitrogens with one attached hydrogen (secondary N) is 2. The van der Waals surface area contributed by atoms with Crippen LogP contribution in [0, 0.1) is 5.92 Å². The van der Waals surface area contributed by atoms with Crippen LogP contribution in [0.2, 0.25) is 0 Å². The Hall–Kier alpha value is -2.37. The summed E-state index contributed by atoms with van der Waals surface area (Å²) in [6.45, 7) is 4.97. The van der Waals surface area contributed by atoms with Crippen LogP contribution in [0.3, 0.4) is 0 Å². The Balaban J connectivity index is 2.86. The fraction of sp³-hybridized carbons (Fsp3) is 0.357. The van der Waals surface area contributed by atoms with E-state index in [-0.39, 0.29) is 11.8 Å². The minimum atomic E-state index is -0.730. The van der Waals surface area contributed by atoms with Gasteiger partial charge >= 0.3 is 0 Å². The predicted octanol–water partition coefficient (Wildman–Crippen LogP) is 0.885. The highest BCUT2D eigenvalue weighted by atomic mass is 16.2. The number of amides is 3. The van der Waals surface area contributed by atoms with E-state index in [1.54, 1.807) is 32.0 Å². The molecule has 6 nitrogen and oxygen atoms in total. The number of carbonyl (C=O) groups is 3. The normalized spacial score (nSPS) is 11.8. The van der Waals surface area contributed by atoms with Gasteiger partial charge in [-0.1, -0.05) is 19.9 Å². The monoisotopic (exact) mass is 277 g/mol. The van der Waals surface area contributed by atoms with Crippen LogP contribution in [-0.4, -0.2) is 23.8 Å². The van der Waals surface area contributed by atoms with Crippen molar-refractivity contribution in [2.24, 2.45) is 11.7 Å². The Morgan fingerprint density at radius 3 is 2.35 bits per heavy atom. The van der Waals surface area contributed by atoms with Gasteiger partial charge in [-0.3, -0.25) is 14.4 Å². The van der Waals surface area contributed by atoms with Crippen LogP contribution >= 0.6 is 0 Å². The van der Waals surface area contributed by atoms with Crippen molar-refractivity contribution in [1.82, 2.24) is 5.32 Å². The van der Waals surface area contributed by atoms with Gasteiger partial charge in [0.2, 0.25) is 11.8 Å². The average Bonchev–Trinajstić information content (AvgIpc) is 2.34. The molecule has 0 bridgehead atoms. The maximum atomic E-state index is 12.1. The largest absolute Gasteiger partial charge is 0.368 e. The van der Waals surface area contributed by atoms with E-state index < -0.39 is 17.9 Å². The topological polar surface area (TPSA) is 101 Å². The van der Waals surface area contributed by atoms with E-state index in [1.807, 2.05) is 0 Å². The van der Waals surface area contributed by atoms with Gasteiger partial charge < -0.3 is 16.4 Å². The van der Waals surface area contributed by atoms with E-state index in [0.717, 1.165) is 0 Å². The van der Waals surface area contributed by atoms with Crippen LogP contribution < -0.4 is 16.4 Å². The molecule has 0 unspecified atom stereocenters. The van der Waals surface area contributed by atoms with Gasteiger partial charge in [-0.25, -0.2) is 0 Å². The second-order valence-corrected chi connectivity index (χ2v) is 4.86. The number of rotatable bonds is 5. The molecule has 1 rings (SSSR count). The summed E-state index contributed by atoms with van der Waals surface area (Å²) in [6.07, 6.45) is 0. The SMILES string of the molecule is CC(=O)Nc1cccc(C(=O)N[C@@H](C(N)=O)C(C)C)c1. The first kappa shape index (κ1) is 15.7. The first-order valence-corrected chi connectivity index (χ1v) is 6.29. The van der Waals surface area contributed by atoms with E-state index >= 15 is 0 Å². The van der Waals surface area contributed by atoms with Crippen LogP contribution in [0.15, 0.2) is 24.3 Å². The molecule has 1 atom stereocenters. The van der Waals surface area contributed by atoms with Crippen molar-refractivity contribution in [3.05, 3.63) is 29.8 Å². The van der Waals surface area contributed by atoms with E-state index in [2.05, 4.69) is 10.6 Å². The highest BCUT2D eigenvalue weighted by Crippen LogP contribution is 2.11. The number of primary amides is 1. The maximum Gasteiger partial charge on any atom is 0.252 e. The predicted molar refractivity (Wildman–Crippen MR) is 76.0 cm³/mol. The van der Waals surface area contributed by atoms with E-state index in [4.69, 9.17) is 5.73 Å². The summed E-state index contributed by atoms with van der Waals surface area (Å²) in [5.74, 6) is -1.31. The van der Waals surface area contributed by atoms with Crippen LogP contribution in [0.25, 0.3) is 0 Å². The third-order valence-electron chi connectivity index (χ3n) is 2.70. The lowest BCUT2D eigenvalue weighted by Crippen LogP contribution is -2.47. The summed E-state index contributed by atoms with van der Waals surface area (Å²) in [6, 6.07) is 5.72. The molecule has 0 radical (unpaired) electrons. The lowest BCUT2D eigenvalue weighted by molar-refractivity contribution is -0.120. The van der Waals surface area contributed by atoms with Gasteiger partial charge in [0.05, 0.1) is 0 Å². The van der Waals surface area contributed by atoms with Crippen molar-refractivity contribution in [1.29, 1.82) is 0 Å². The third-order valence-corrected chi connectivity index (χ3v) is 2.70. The Morgan fingerprint density at radius 2 is 1.85 bits per heavy atom. The molecule has 0 saturated carbocycles. The molecule has 0 aliphatic carbocycles. The Bertz CT molecular complexity index is 526. The van der Waals surface area contributed by atoms with Gasteiger partial charge in [0.1, 0.15) is 6.04 Å². The maximum absolute atomic E-state index is 12.1. The first-order chi connectivity index (χ1) is 9.31. The van der Waals surface area contributed by atoms with Crippen LogP contribution in [0.4, 0.5) is 5.69 Å². The average molecular weight is 277 g/mol. The zero-order valence-corrected chi connectivity index (χ0v) is 11.8. The molecule has 3 amide bonds. The van der Waals surface area contributed by atoms with Gasteiger partial charge in [-0.2, -0.15) is 0 Å². The zero-order valence-electron chi connectivity index (χ0n) is 11.8. The number of nitrogens with two attached hydrogens (primary N) is 1. The molecule has 4 N–H and O–H groups in total. The molecule has 20 heavy (non-hydrogen) atoms. The molecule has 0 fully saturated rings. The summed E-state index contributed by atoms with van der Waals surface area (Å²) in [5.41, 5.74) is 6.12. The lowest BCUT2D eigenvalue weighted by Gasteiger charge is -2.19. The van der Waals surface area contributed by atoms with Crippen molar-refractivity contribution in [2.45, 2.75) is 26.8 Å². The van der Waals surface area contributed by atoms with Crippen molar-refractivity contribution >= 4 is 23.4 Å². The van der Waals surface area contributed by atoms with Gasteiger partial charge in [-0.15, -0.1) is 0 Å². The fourth-order valence-electron chi connectivity index (χ4n) is 1.73. The van der Waals surface area contributed by atoms with Gasteiger partial charge in [0.25, 0.3) is 5.91 Å². The number of hydrogen-bond acceptors (Lipinski definition) is 3. The molecule has 0 saturated heterocycles. The van der Waals surface area contributed by atoms with E-state index in [0.29, 0.717) is 11.3 Å². The Kier molecular flexibility index (Phi) is 5.25. The highest BCUT2D eigenvalue weighted by molar-refractivity contribution is 5.99. The number of anilines is 1.